The second kappa shape index (κ2) is 14.3. The zero-order valence-corrected chi connectivity index (χ0v) is 27.8. The standard InChI is InChI=1S/C32H42N6O6Si/c1-33-30(39)22-7-8-25(26(17-22)40-2)35-32-36-29-28(31(37-32)44-23-10-13-42-14-11-23)24(21-9-12-34-27(18-21)41-3)19-38(29)20-43-15-16-45(4,5)6/h7-9,12,17-19,23H,10-11,13-16,20H2,1-6H3,(H,33,39)(H,35,36,37). The topological polar surface area (TPSA) is 131 Å². The summed E-state index contributed by atoms with van der Waals surface area (Å²) in [6.07, 6.45) is 5.17. The summed E-state index contributed by atoms with van der Waals surface area (Å²) < 4.78 is 31.4. The molecule has 1 saturated heterocycles. The largest absolute Gasteiger partial charge is 0.495 e. The average molecular weight is 635 g/mol. The Balaban J connectivity index is 1.62. The van der Waals surface area contributed by atoms with Crippen LogP contribution in [0.15, 0.2) is 42.7 Å². The van der Waals surface area contributed by atoms with Crippen LogP contribution in [0.1, 0.15) is 23.2 Å². The van der Waals surface area contributed by atoms with Crippen LogP contribution >= 0.6 is 0 Å². The van der Waals surface area contributed by atoms with E-state index in [1.54, 1.807) is 45.7 Å². The molecule has 0 spiro atoms. The summed E-state index contributed by atoms with van der Waals surface area (Å²) in [6, 6.07) is 10.0. The maximum Gasteiger partial charge on any atom is 0.251 e. The van der Waals surface area contributed by atoms with Crippen molar-refractivity contribution >= 4 is 36.7 Å². The van der Waals surface area contributed by atoms with E-state index in [1.165, 1.54) is 0 Å². The van der Waals surface area contributed by atoms with Gasteiger partial charge in [0.05, 0.1) is 38.5 Å². The summed E-state index contributed by atoms with van der Waals surface area (Å²) in [4.78, 5) is 26.4. The molecule has 1 aliphatic rings. The maximum atomic E-state index is 12.2. The van der Waals surface area contributed by atoms with E-state index in [4.69, 9.17) is 33.7 Å². The van der Waals surface area contributed by atoms with Crippen LogP contribution in [0.3, 0.4) is 0 Å². The molecule has 0 bridgehead atoms. The Morgan fingerprint density at radius 3 is 2.60 bits per heavy atom. The number of methoxy groups -OCH3 is 2. The molecule has 13 heteroatoms. The van der Waals surface area contributed by atoms with E-state index in [2.05, 4.69) is 35.3 Å². The zero-order valence-electron chi connectivity index (χ0n) is 26.8. The van der Waals surface area contributed by atoms with Gasteiger partial charge < -0.3 is 38.9 Å². The average Bonchev–Trinajstić information content (AvgIpc) is 3.41. The lowest BCUT2D eigenvalue weighted by Crippen LogP contribution is -2.26. The van der Waals surface area contributed by atoms with Gasteiger partial charge in [0, 0.05) is 64.2 Å². The number of amides is 1. The number of hydrogen-bond acceptors (Lipinski definition) is 10. The fraction of sp³-hybridized carbons (Fsp3) is 0.438. The quantitative estimate of drug-likeness (QED) is 0.144. The highest BCUT2D eigenvalue weighted by Crippen LogP contribution is 2.39. The van der Waals surface area contributed by atoms with Gasteiger partial charge in [-0.15, -0.1) is 0 Å². The molecule has 0 aliphatic carbocycles. The number of hydrogen-bond donors (Lipinski definition) is 2. The molecule has 1 amide bonds. The van der Waals surface area contributed by atoms with E-state index >= 15 is 0 Å². The van der Waals surface area contributed by atoms with Crippen molar-refractivity contribution in [2.45, 2.75) is 51.4 Å². The molecule has 0 saturated carbocycles. The number of carbonyl (C=O) groups is 1. The third kappa shape index (κ3) is 7.91. The predicted molar refractivity (Wildman–Crippen MR) is 176 cm³/mol. The molecule has 12 nitrogen and oxygen atoms in total. The molecule has 0 unspecified atom stereocenters. The molecule has 1 aromatic carbocycles. The van der Waals surface area contributed by atoms with Gasteiger partial charge in [0.1, 0.15) is 18.6 Å². The Morgan fingerprint density at radius 1 is 1.09 bits per heavy atom. The number of aromatic nitrogens is 4. The summed E-state index contributed by atoms with van der Waals surface area (Å²) in [5, 5.41) is 6.69. The number of pyridine rings is 1. The van der Waals surface area contributed by atoms with E-state index in [9.17, 15) is 4.79 Å². The molecule has 2 N–H and O–H groups in total. The third-order valence-corrected chi connectivity index (χ3v) is 9.25. The lowest BCUT2D eigenvalue weighted by molar-refractivity contribution is 0.0244. The second-order valence-electron chi connectivity index (χ2n) is 12.0. The molecule has 4 aromatic rings. The van der Waals surface area contributed by atoms with Gasteiger partial charge in [0.25, 0.3) is 5.91 Å². The van der Waals surface area contributed by atoms with Crippen LogP contribution < -0.4 is 24.8 Å². The highest BCUT2D eigenvalue weighted by atomic mass is 28.3. The SMILES string of the molecule is CNC(=O)c1ccc(Nc2nc(OC3CCOCC3)c3c(-c4ccnc(OC)c4)cn(COCC[Si](C)(C)C)c3n2)c(OC)c1. The molecule has 0 atom stereocenters. The molecule has 0 radical (unpaired) electrons. The molecule has 45 heavy (non-hydrogen) atoms. The lowest BCUT2D eigenvalue weighted by Gasteiger charge is -2.23. The first-order valence-corrected chi connectivity index (χ1v) is 18.8. The number of carbonyl (C=O) groups excluding carboxylic acids is 1. The van der Waals surface area contributed by atoms with Crippen LogP contribution in [0.5, 0.6) is 17.5 Å². The third-order valence-electron chi connectivity index (χ3n) is 7.55. The number of nitrogens with one attached hydrogen (secondary N) is 2. The van der Waals surface area contributed by atoms with E-state index < -0.39 is 8.07 Å². The van der Waals surface area contributed by atoms with Gasteiger partial charge in [-0.05, 0) is 35.9 Å². The monoisotopic (exact) mass is 634 g/mol. The number of ether oxygens (including phenoxy) is 5. The molecule has 1 aliphatic heterocycles. The normalized spacial score (nSPS) is 13.9. The number of anilines is 2. The molecular formula is C32H42N6O6Si. The fourth-order valence-electron chi connectivity index (χ4n) is 4.99. The van der Waals surface area contributed by atoms with Crippen molar-refractivity contribution < 1.29 is 28.5 Å². The summed E-state index contributed by atoms with van der Waals surface area (Å²) in [5.41, 5.74) is 3.49. The van der Waals surface area contributed by atoms with Gasteiger partial charge in [-0.25, -0.2) is 4.98 Å². The second-order valence-corrected chi connectivity index (χ2v) is 17.7. The van der Waals surface area contributed by atoms with Crippen LogP contribution in [0.25, 0.3) is 22.2 Å². The molecule has 240 valence electrons. The number of rotatable bonds is 13. The summed E-state index contributed by atoms with van der Waals surface area (Å²) in [6.45, 7) is 9.20. The molecule has 1 fully saturated rings. The minimum atomic E-state index is -1.27. The zero-order chi connectivity index (χ0) is 32.0. The van der Waals surface area contributed by atoms with Crippen molar-refractivity contribution in [2.75, 3.05) is 46.4 Å². The van der Waals surface area contributed by atoms with E-state index in [1.807, 2.05) is 22.9 Å². The van der Waals surface area contributed by atoms with Gasteiger partial charge >= 0.3 is 0 Å². The molecule has 5 rings (SSSR count). The Kier molecular flexibility index (Phi) is 10.2. The Hall–Kier alpha value is -4.20. The van der Waals surface area contributed by atoms with Crippen molar-refractivity contribution in [1.29, 1.82) is 0 Å². The smallest absolute Gasteiger partial charge is 0.251 e. The maximum absolute atomic E-state index is 12.2. The van der Waals surface area contributed by atoms with Crippen LogP contribution in [0.4, 0.5) is 11.6 Å². The first-order valence-electron chi connectivity index (χ1n) is 15.1. The van der Waals surface area contributed by atoms with E-state index in [-0.39, 0.29) is 12.0 Å². The molecule has 4 heterocycles. The van der Waals surface area contributed by atoms with Gasteiger partial charge in [0.2, 0.25) is 17.7 Å². The van der Waals surface area contributed by atoms with Crippen LogP contribution in [0.2, 0.25) is 25.7 Å². The van der Waals surface area contributed by atoms with E-state index in [0.29, 0.717) is 66.9 Å². The fourth-order valence-corrected chi connectivity index (χ4v) is 5.75. The lowest BCUT2D eigenvalue weighted by atomic mass is 10.1. The minimum absolute atomic E-state index is 0.0674. The number of nitrogens with zero attached hydrogens (tertiary/aromatic N) is 4. The molecule has 3 aromatic heterocycles. The van der Waals surface area contributed by atoms with Crippen molar-refractivity contribution in [3.05, 3.63) is 48.3 Å². The Morgan fingerprint density at radius 2 is 1.89 bits per heavy atom. The van der Waals surface area contributed by atoms with Crippen molar-refractivity contribution in [2.24, 2.45) is 0 Å². The van der Waals surface area contributed by atoms with Gasteiger partial charge in [-0.2, -0.15) is 9.97 Å². The minimum Gasteiger partial charge on any atom is -0.495 e. The first kappa shape index (κ1) is 32.2. The summed E-state index contributed by atoms with van der Waals surface area (Å²) >= 11 is 0. The van der Waals surface area contributed by atoms with Crippen LogP contribution in [0, 0.1) is 0 Å². The predicted octanol–water partition coefficient (Wildman–Crippen LogP) is 5.48. The van der Waals surface area contributed by atoms with Crippen LogP contribution in [-0.4, -0.2) is 80.7 Å². The molecular weight excluding hydrogens is 592 g/mol. The first-order chi connectivity index (χ1) is 21.7. The highest BCUT2D eigenvalue weighted by molar-refractivity contribution is 6.76. The van der Waals surface area contributed by atoms with Gasteiger partial charge in [-0.3, -0.25) is 4.79 Å². The van der Waals surface area contributed by atoms with E-state index in [0.717, 1.165) is 35.4 Å². The number of fused-ring (bicyclic) bond motifs is 1. The van der Waals surface area contributed by atoms with Crippen LogP contribution in [-0.2, 0) is 16.2 Å². The Labute approximate surface area is 264 Å². The summed E-state index contributed by atoms with van der Waals surface area (Å²) in [7, 11) is 3.46. The van der Waals surface area contributed by atoms with Gasteiger partial charge in [0.15, 0.2) is 5.65 Å². The Bertz CT molecular complexity index is 1630. The highest BCUT2D eigenvalue weighted by Gasteiger charge is 2.24. The van der Waals surface area contributed by atoms with Crippen molar-refractivity contribution in [1.82, 2.24) is 24.8 Å². The summed E-state index contributed by atoms with van der Waals surface area (Å²) in [5.74, 6) is 1.52. The van der Waals surface area contributed by atoms with Crippen molar-refractivity contribution in [3.8, 4) is 28.6 Å². The van der Waals surface area contributed by atoms with Gasteiger partial charge in [-0.1, -0.05) is 19.6 Å². The number of benzene rings is 1. The van der Waals surface area contributed by atoms with Crippen molar-refractivity contribution in [3.63, 3.8) is 0 Å².